The average molecular weight is 165 g/mol. The van der Waals surface area contributed by atoms with E-state index in [1.165, 1.54) is 11.1 Å². The number of methoxy groups -OCH3 is 1. The molecule has 0 fully saturated rings. The van der Waals surface area contributed by atoms with Crippen molar-refractivity contribution in [1.82, 2.24) is 0 Å². The Kier molecular flexibility index (Phi) is 3.11. The number of benzene rings is 1. The van der Waals surface area contributed by atoms with Crippen LogP contribution in [0, 0.1) is 0 Å². The van der Waals surface area contributed by atoms with Crippen LogP contribution >= 0.6 is 0 Å². The first-order valence-electron chi connectivity index (χ1n) is 4.14. The molecule has 66 valence electrons. The second-order valence-electron chi connectivity index (χ2n) is 2.81. The van der Waals surface area contributed by atoms with E-state index in [4.69, 9.17) is 10.5 Å². The molecule has 0 atom stereocenters. The van der Waals surface area contributed by atoms with Crippen LogP contribution in [0.15, 0.2) is 18.2 Å². The molecule has 0 heterocycles. The first-order valence-corrected chi connectivity index (χ1v) is 4.14. The lowest BCUT2D eigenvalue weighted by Crippen LogP contribution is -1.96. The molecule has 1 aromatic rings. The highest BCUT2D eigenvalue weighted by atomic mass is 16.5. The van der Waals surface area contributed by atoms with Crippen LogP contribution in [0.4, 0.5) is 5.69 Å². The smallest absolute Gasteiger partial charge is 0.0716 e. The van der Waals surface area contributed by atoms with Crippen molar-refractivity contribution in [2.75, 3.05) is 12.8 Å². The lowest BCUT2D eigenvalue weighted by Gasteiger charge is -2.07. The van der Waals surface area contributed by atoms with Gasteiger partial charge in [0.2, 0.25) is 0 Å². The van der Waals surface area contributed by atoms with Gasteiger partial charge in [-0.15, -0.1) is 0 Å². The Labute approximate surface area is 73.3 Å². The Balaban J connectivity index is 2.95. The van der Waals surface area contributed by atoms with Gasteiger partial charge in [0.1, 0.15) is 0 Å². The lowest BCUT2D eigenvalue weighted by molar-refractivity contribution is 0.184. The molecule has 0 bridgehead atoms. The van der Waals surface area contributed by atoms with Crippen LogP contribution in [-0.4, -0.2) is 7.11 Å². The zero-order valence-corrected chi connectivity index (χ0v) is 7.63. The predicted molar refractivity (Wildman–Crippen MR) is 50.9 cm³/mol. The van der Waals surface area contributed by atoms with Gasteiger partial charge in [0, 0.05) is 12.8 Å². The summed E-state index contributed by atoms with van der Waals surface area (Å²) in [6.45, 7) is 2.78. The van der Waals surface area contributed by atoms with Gasteiger partial charge in [-0.3, -0.25) is 0 Å². The Bertz CT molecular complexity index is 258. The van der Waals surface area contributed by atoms with Gasteiger partial charge in [-0.1, -0.05) is 13.0 Å². The summed E-state index contributed by atoms with van der Waals surface area (Å²) < 4.78 is 5.07. The van der Waals surface area contributed by atoms with Crippen LogP contribution in [0.2, 0.25) is 0 Å². The number of rotatable bonds is 3. The predicted octanol–water partition coefficient (Wildman–Crippen LogP) is 1.98. The molecule has 0 aliphatic heterocycles. The largest absolute Gasteiger partial charge is 0.399 e. The van der Waals surface area contributed by atoms with E-state index in [1.807, 2.05) is 12.1 Å². The maximum absolute atomic E-state index is 5.66. The van der Waals surface area contributed by atoms with Gasteiger partial charge >= 0.3 is 0 Å². The molecular weight excluding hydrogens is 150 g/mol. The average Bonchev–Trinajstić information content (AvgIpc) is 2.05. The molecule has 0 spiro atoms. The van der Waals surface area contributed by atoms with Crippen LogP contribution < -0.4 is 5.73 Å². The van der Waals surface area contributed by atoms with Gasteiger partial charge in [0.25, 0.3) is 0 Å². The Hall–Kier alpha value is -1.02. The number of hydrogen-bond acceptors (Lipinski definition) is 2. The monoisotopic (exact) mass is 165 g/mol. The van der Waals surface area contributed by atoms with E-state index in [2.05, 4.69) is 13.0 Å². The van der Waals surface area contributed by atoms with Gasteiger partial charge in [-0.25, -0.2) is 0 Å². The number of ether oxygens (including phenoxy) is 1. The topological polar surface area (TPSA) is 35.2 Å². The fourth-order valence-electron chi connectivity index (χ4n) is 1.28. The zero-order chi connectivity index (χ0) is 8.97. The highest BCUT2D eigenvalue weighted by molar-refractivity contribution is 5.44. The van der Waals surface area contributed by atoms with Crippen molar-refractivity contribution < 1.29 is 4.74 Å². The minimum absolute atomic E-state index is 0.647. The first-order chi connectivity index (χ1) is 5.77. The molecule has 1 aromatic carbocycles. The quantitative estimate of drug-likeness (QED) is 0.695. The third kappa shape index (κ3) is 1.98. The summed E-state index contributed by atoms with van der Waals surface area (Å²) in [6.07, 6.45) is 1.03. The molecule has 0 aliphatic carbocycles. The van der Waals surface area contributed by atoms with Crippen molar-refractivity contribution in [2.24, 2.45) is 0 Å². The van der Waals surface area contributed by atoms with Crippen molar-refractivity contribution >= 4 is 5.69 Å². The molecule has 1 rings (SSSR count). The van der Waals surface area contributed by atoms with Crippen LogP contribution in [0.5, 0.6) is 0 Å². The Morgan fingerprint density at radius 3 is 2.67 bits per heavy atom. The van der Waals surface area contributed by atoms with Crippen LogP contribution in [0.3, 0.4) is 0 Å². The summed E-state index contributed by atoms with van der Waals surface area (Å²) in [5.74, 6) is 0. The molecule has 0 saturated heterocycles. The number of nitrogens with two attached hydrogens (primary N) is 1. The molecule has 2 nitrogen and oxygen atoms in total. The molecule has 0 radical (unpaired) electrons. The van der Waals surface area contributed by atoms with Crippen molar-refractivity contribution in [1.29, 1.82) is 0 Å². The van der Waals surface area contributed by atoms with Gasteiger partial charge in [-0.05, 0) is 29.7 Å². The fraction of sp³-hybridized carbons (Fsp3) is 0.400. The van der Waals surface area contributed by atoms with Crippen LogP contribution in [0.1, 0.15) is 18.1 Å². The van der Waals surface area contributed by atoms with Crippen LogP contribution in [0.25, 0.3) is 0 Å². The SMILES string of the molecule is CCc1ccc(N)cc1COC. The molecule has 0 saturated carbocycles. The van der Waals surface area contributed by atoms with E-state index in [1.54, 1.807) is 7.11 Å². The zero-order valence-electron chi connectivity index (χ0n) is 7.63. The van der Waals surface area contributed by atoms with Gasteiger partial charge in [0.15, 0.2) is 0 Å². The van der Waals surface area contributed by atoms with Crippen molar-refractivity contribution in [3.8, 4) is 0 Å². The number of aryl methyl sites for hydroxylation is 1. The van der Waals surface area contributed by atoms with Crippen molar-refractivity contribution in [3.63, 3.8) is 0 Å². The first kappa shape index (κ1) is 9.07. The van der Waals surface area contributed by atoms with E-state index < -0.39 is 0 Å². The molecule has 0 aromatic heterocycles. The maximum Gasteiger partial charge on any atom is 0.0716 e. The molecule has 0 aliphatic rings. The van der Waals surface area contributed by atoms with E-state index >= 15 is 0 Å². The summed E-state index contributed by atoms with van der Waals surface area (Å²) >= 11 is 0. The third-order valence-corrected chi connectivity index (χ3v) is 1.91. The van der Waals surface area contributed by atoms with Crippen LogP contribution in [-0.2, 0) is 17.8 Å². The van der Waals surface area contributed by atoms with E-state index in [-0.39, 0.29) is 0 Å². The highest BCUT2D eigenvalue weighted by Crippen LogP contribution is 2.14. The fourth-order valence-corrected chi connectivity index (χ4v) is 1.28. The highest BCUT2D eigenvalue weighted by Gasteiger charge is 1.99. The van der Waals surface area contributed by atoms with Gasteiger partial charge in [-0.2, -0.15) is 0 Å². The summed E-state index contributed by atoms with van der Waals surface area (Å²) in [5, 5.41) is 0. The van der Waals surface area contributed by atoms with Gasteiger partial charge in [0.05, 0.1) is 6.61 Å². The van der Waals surface area contributed by atoms with Crippen molar-refractivity contribution in [2.45, 2.75) is 20.0 Å². The number of nitrogen functional groups attached to an aromatic ring is 1. The maximum atomic E-state index is 5.66. The summed E-state index contributed by atoms with van der Waals surface area (Å²) in [6, 6.07) is 5.96. The molecular formula is C10H15NO. The molecule has 2 heteroatoms. The molecule has 0 unspecified atom stereocenters. The summed E-state index contributed by atoms with van der Waals surface area (Å²) in [7, 11) is 1.70. The minimum Gasteiger partial charge on any atom is -0.399 e. The second kappa shape index (κ2) is 4.12. The molecule has 0 amide bonds. The Morgan fingerprint density at radius 1 is 1.33 bits per heavy atom. The van der Waals surface area contributed by atoms with E-state index in [0.717, 1.165) is 12.1 Å². The minimum atomic E-state index is 0.647. The second-order valence-corrected chi connectivity index (χ2v) is 2.81. The molecule has 2 N–H and O–H groups in total. The summed E-state index contributed by atoms with van der Waals surface area (Å²) in [5.41, 5.74) is 8.97. The van der Waals surface area contributed by atoms with Gasteiger partial charge < -0.3 is 10.5 Å². The van der Waals surface area contributed by atoms with E-state index in [9.17, 15) is 0 Å². The number of hydrogen-bond donors (Lipinski definition) is 1. The third-order valence-electron chi connectivity index (χ3n) is 1.91. The van der Waals surface area contributed by atoms with E-state index in [0.29, 0.717) is 6.61 Å². The normalized spacial score (nSPS) is 10.2. The standard InChI is InChI=1S/C10H15NO/c1-3-8-4-5-10(11)6-9(8)7-12-2/h4-6H,3,7,11H2,1-2H3. The van der Waals surface area contributed by atoms with Crippen molar-refractivity contribution in [3.05, 3.63) is 29.3 Å². The molecule has 12 heavy (non-hydrogen) atoms. The Morgan fingerprint density at radius 2 is 2.08 bits per heavy atom. The summed E-state index contributed by atoms with van der Waals surface area (Å²) in [4.78, 5) is 0. The number of anilines is 1. The lowest BCUT2D eigenvalue weighted by atomic mass is 10.1.